The molecular formula is C15H27NO3S. The number of carboxylic acid groups (broad SMARTS) is 1. The van der Waals surface area contributed by atoms with Crippen molar-refractivity contribution in [3.8, 4) is 0 Å². The van der Waals surface area contributed by atoms with Crippen molar-refractivity contribution in [3.05, 3.63) is 0 Å². The highest BCUT2D eigenvalue weighted by Crippen LogP contribution is 2.29. The van der Waals surface area contributed by atoms with E-state index in [2.05, 4.69) is 19.2 Å². The molecule has 116 valence electrons. The molecule has 1 saturated carbocycles. The molecule has 1 aliphatic rings. The molecule has 0 aromatic carbocycles. The summed E-state index contributed by atoms with van der Waals surface area (Å²) >= 11 is 1.92. The van der Waals surface area contributed by atoms with Gasteiger partial charge >= 0.3 is 5.97 Å². The molecule has 0 heterocycles. The van der Waals surface area contributed by atoms with E-state index < -0.39 is 5.97 Å². The number of amides is 1. The third-order valence-electron chi connectivity index (χ3n) is 3.61. The maximum absolute atomic E-state index is 12.0. The fourth-order valence-corrected chi connectivity index (χ4v) is 3.49. The molecule has 20 heavy (non-hydrogen) atoms. The van der Waals surface area contributed by atoms with Crippen molar-refractivity contribution in [2.24, 2.45) is 17.8 Å². The first-order chi connectivity index (χ1) is 9.50. The van der Waals surface area contributed by atoms with Gasteiger partial charge in [-0.3, -0.25) is 9.59 Å². The van der Waals surface area contributed by atoms with Crippen LogP contribution in [0.5, 0.6) is 0 Å². The number of carbonyl (C=O) groups is 2. The van der Waals surface area contributed by atoms with Crippen molar-refractivity contribution in [3.63, 3.8) is 0 Å². The van der Waals surface area contributed by atoms with Crippen LogP contribution in [-0.4, -0.2) is 35.0 Å². The second kappa shape index (κ2) is 9.27. The quantitative estimate of drug-likeness (QED) is 0.677. The van der Waals surface area contributed by atoms with Crippen molar-refractivity contribution < 1.29 is 14.7 Å². The summed E-state index contributed by atoms with van der Waals surface area (Å²) in [6.07, 6.45) is 3.88. The van der Waals surface area contributed by atoms with Gasteiger partial charge in [0.1, 0.15) is 0 Å². The van der Waals surface area contributed by atoms with Gasteiger partial charge in [-0.2, -0.15) is 11.8 Å². The van der Waals surface area contributed by atoms with Crippen molar-refractivity contribution in [2.45, 2.75) is 46.0 Å². The number of carboxylic acids is 1. The molecule has 1 rings (SSSR count). The van der Waals surface area contributed by atoms with Crippen LogP contribution in [0.3, 0.4) is 0 Å². The molecule has 2 N–H and O–H groups in total. The summed E-state index contributed by atoms with van der Waals surface area (Å²) in [5.41, 5.74) is 0. The average Bonchev–Trinajstić information content (AvgIpc) is 2.42. The standard InChI is InChI=1S/C15H27NO3S/c1-11(2)10-20-8-4-7-16-14(17)12-5-3-6-13(9-12)15(18)19/h11-13H,3-10H2,1-2H3,(H,16,17)(H,18,19). The molecule has 0 aromatic heterocycles. The van der Waals surface area contributed by atoms with Crippen molar-refractivity contribution >= 4 is 23.6 Å². The second-order valence-electron chi connectivity index (χ2n) is 6.01. The maximum Gasteiger partial charge on any atom is 0.306 e. The summed E-state index contributed by atoms with van der Waals surface area (Å²) in [5, 5.41) is 12.0. The van der Waals surface area contributed by atoms with Gasteiger partial charge in [0.25, 0.3) is 0 Å². The summed E-state index contributed by atoms with van der Waals surface area (Å²) in [6, 6.07) is 0. The van der Waals surface area contributed by atoms with Gasteiger partial charge < -0.3 is 10.4 Å². The summed E-state index contributed by atoms with van der Waals surface area (Å²) < 4.78 is 0. The SMILES string of the molecule is CC(C)CSCCCNC(=O)C1CCCC(C(=O)O)C1. The minimum absolute atomic E-state index is 0.0461. The molecule has 4 nitrogen and oxygen atoms in total. The molecule has 0 aromatic rings. The maximum atomic E-state index is 12.0. The Morgan fingerprint density at radius 1 is 1.30 bits per heavy atom. The predicted octanol–water partition coefficient (Wildman–Crippen LogP) is 2.77. The predicted molar refractivity (Wildman–Crippen MR) is 82.9 cm³/mol. The molecule has 0 saturated heterocycles. The number of aliphatic carboxylic acids is 1. The monoisotopic (exact) mass is 301 g/mol. The molecule has 0 aliphatic heterocycles. The van der Waals surface area contributed by atoms with E-state index in [0.717, 1.165) is 30.8 Å². The summed E-state index contributed by atoms with van der Waals surface area (Å²) in [5.74, 6) is 1.80. The number of hydrogen-bond donors (Lipinski definition) is 2. The van der Waals surface area contributed by atoms with Crippen LogP contribution >= 0.6 is 11.8 Å². The Bertz CT molecular complexity index is 320. The zero-order valence-corrected chi connectivity index (χ0v) is 13.4. The van der Waals surface area contributed by atoms with Gasteiger partial charge in [0.05, 0.1) is 5.92 Å². The van der Waals surface area contributed by atoms with E-state index in [0.29, 0.717) is 25.3 Å². The number of carbonyl (C=O) groups excluding carboxylic acids is 1. The summed E-state index contributed by atoms with van der Waals surface area (Å²) in [4.78, 5) is 23.0. The van der Waals surface area contributed by atoms with E-state index in [1.54, 1.807) is 0 Å². The smallest absolute Gasteiger partial charge is 0.306 e. The van der Waals surface area contributed by atoms with Gasteiger partial charge in [-0.1, -0.05) is 20.3 Å². The first-order valence-corrected chi connectivity index (χ1v) is 8.74. The fraction of sp³-hybridized carbons (Fsp3) is 0.867. The highest BCUT2D eigenvalue weighted by atomic mass is 32.2. The van der Waals surface area contributed by atoms with Crippen molar-refractivity contribution in [2.75, 3.05) is 18.1 Å². The Morgan fingerprint density at radius 3 is 2.65 bits per heavy atom. The Labute approximate surface area is 126 Å². The van der Waals surface area contributed by atoms with E-state index in [4.69, 9.17) is 5.11 Å². The molecule has 2 atom stereocenters. The normalized spacial score (nSPS) is 22.8. The summed E-state index contributed by atoms with van der Waals surface area (Å²) in [7, 11) is 0. The van der Waals surface area contributed by atoms with Crippen molar-refractivity contribution in [1.82, 2.24) is 5.32 Å². The minimum atomic E-state index is -0.757. The third-order valence-corrected chi connectivity index (χ3v) is 5.09. The van der Waals surface area contributed by atoms with E-state index >= 15 is 0 Å². The van der Waals surface area contributed by atoms with E-state index in [1.165, 1.54) is 0 Å². The van der Waals surface area contributed by atoms with Crippen LogP contribution in [0.4, 0.5) is 0 Å². The Morgan fingerprint density at radius 2 is 2.00 bits per heavy atom. The molecular weight excluding hydrogens is 274 g/mol. The zero-order chi connectivity index (χ0) is 15.0. The molecule has 0 bridgehead atoms. The lowest BCUT2D eigenvalue weighted by molar-refractivity contribution is -0.144. The molecule has 1 amide bonds. The lowest BCUT2D eigenvalue weighted by Gasteiger charge is -2.25. The number of hydrogen-bond acceptors (Lipinski definition) is 3. The molecule has 0 radical (unpaired) electrons. The fourth-order valence-electron chi connectivity index (χ4n) is 2.50. The number of thioether (sulfide) groups is 1. The third kappa shape index (κ3) is 6.64. The lowest BCUT2D eigenvalue weighted by Crippen LogP contribution is -2.36. The largest absolute Gasteiger partial charge is 0.481 e. The van der Waals surface area contributed by atoms with Gasteiger partial charge in [0.2, 0.25) is 5.91 Å². The topological polar surface area (TPSA) is 66.4 Å². The van der Waals surface area contributed by atoms with Crippen LogP contribution in [0.15, 0.2) is 0 Å². The lowest BCUT2D eigenvalue weighted by atomic mass is 9.81. The van der Waals surface area contributed by atoms with E-state index in [1.807, 2.05) is 11.8 Å². The molecule has 1 aliphatic carbocycles. The van der Waals surface area contributed by atoms with Crippen LogP contribution in [-0.2, 0) is 9.59 Å². The van der Waals surface area contributed by atoms with Crippen LogP contribution in [0.2, 0.25) is 0 Å². The van der Waals surface area contributed by atoms with Gasteiger partial charge in [0.15, 0.2) is 0 Å². The van der Waals surface area contributed by atoms with Gasteiger partial charge in [0, 0.05) is 12.5 Å². The number of rotatable bonds is 8. The molecule has 1 fully saturated rings. The van der Waals surface area contributed by atoms with E-state index in [-0.39, 0.29) is 17.7 Å². The molecule has 5 heteroatoms. The Kier molecular flexibility index (Phi) is 8.04. The Balaban J connectivity index is 2.14. The first kappa shape index (κ1) is 17.3. The average molecular weight is 301 g/mol. The van der Waals surface area contributed by atoms with Crippen molar-refractivity contribution in [1.29, 1.82) is 0 Å². The van der Waals surface area contributed by atoms with Crippen LogP contribution in [0.25, 0.3) is 0 Å². The highest BCUT2D eigenvalue weighted by molar-refractivity contribution is 7.99. The Hall–Kier alpha value is -0.710. The second-order valence-corrected chi connectivity index (χ2v) is 7.16. The van der Waals surface area contributed by atoms with Crippen LogP contribution < -0.4 is 5.32 Å². The molecule has 2 unspecified atom stereocenters. The van der Waals surface area contributed by atoms with Gasteiger partial charge in [-0.05, 0) is 43.1 Å². The minimum Gasteiger partial charge on any atom is -0.481 e. The van der Waals surface area contributed by atoms with Crippen LogP contribution in [0, 0.1) is 17.8 Å². The zero-order valence-electron chi connectivity index (χ0n) is 12.6. The number of nitrogens with one attached hydrogen (secondary N) is 1. The first-order valence-electron chi connectivity index (χ1n) is 7.59. The molecule has 0 spiro atoms. The summed E-state index contributed by atoms with van der Waals surface area (Å²) in [6.45, 7) is 5.12. The van der Waals surface area contributed by atoms with E-state index in [9.17, 15) is 9.59 Å². The highest BCUT2D eigenvalue weighted by Gasteiger charge is 2.30. The van der Waals surface area contributed by atoms with Gasteiger partial charge in [-0.25, -0.2) is 0 Å². The van der Waals surface area contributed by atoms with Crippen LogP contribution in [0.1, 0.15) is 46.0 Å². The van der Waals surface area contributed by atoms with Gasteiger partial charge in [-0.15, -0.1) is 0 Å².